The Kier molecular flexibility index (Phi) is 3.33. The van der Waals surface area contributed by atoms with Crippen molar-refractivity contribution in [2.24, 2.45) is 5.41 Å². The number of hydrogen-bond donors (Lipinski definition) is 1. The predicted octanol–water partition coefficient (Wildman–Crippen LogP) is 2.99. The standard InChI is InChI=1S/C15H21NO2/c1-11-6-4-7-12(2)13(11)16-9-5-8-15(3,10-16)14(17)18/h4,6-7H,5,8-10H2,1-3H3,(H,17,18). The van der Waals surface area contributed by atoms with Gasteiger partial charge >= 0.3 is 5.97 Å². The molecule has 0 radical (unpaired) electrons. The third-order valence-electron chi connectivity index (χ3n) is 3.97. The summed E-state index contributed by atoms with van der Waals surface area (Å²) in [7, 11) is 0. The molecule has 0 aliphatic carbocycles. The van der Waals surface area contributed by atoms with E-state index in [4.69, 9.17) is 0 Å². The lowest BCUT2D eigenvalue weighted by molar-refractivity contribution is -0.148. The molecule has 1 heterocycles. The maximum atomic E-state index is 11.4. The summed E-state index contributed by atoms with van der Waals surface area (Å²) < 4.78 is 0. The van der Waals surface area contributed by atoms with Crippen LogP contribution in [0.4, 0.5) is 5.69 Å². The monoisotopic (exact) mass is 247 g/mol. The maximum absolute atomic E-state index is 11.4. The summed E-state index contributed by atoms with van der Waals surface area (Å²) in [5.74, 6) is -0.682. The summed E-state index contributed by atoms with van der Waals surface area (Å²) >= 11 is 0. The highest BCUT2D eigenvalue weighted by atomic mass is 16.4. The summed E-state index contributed by atoms with van der Waals surface area (Å²) in [5.41, 5.74) is 3.05. The number of rotatable bonds is 2. The molecule has 1 N–H and O–H groups in total. The quantitative estimate of drug-likeness (QED) is 0.873. The molecular formula is C15H21NO2. The topological polar surface area (TPSA) is 40.5 Å². The number of hydrogen-bond acceptors (Lipinski definition) is 2. The second-order valence-electron chi connectivity index (χ2n) is 5.63. The molecule has 2 rings (SSSR count). The minimum absolute atomic E-state index is 0.605. The molecule has 3 heteroatoms. The highest BCUT2D eigenvalue weighted by molar-refractivity contribution is 5.76. The zero-order chi connectivity index (χ0) is 13.3. The number of aliphatic carboxylic acids is 1. The number of carbonyl (C=O) groups is 1. The van der Waals surface area contributed by atoms with Gasteiger partial charge in [-0.3, -0.25) is 4.79 Å². The minimum Gasteiger partial charge on any atom is -0.481 e. The first-order valence-electron chi connectivity index (χ1n) is 6.48. The lowest BCUT2D eigenvalue weighted by Gasteiger charge is -2.40. The number of aryl methyl sites for hydroxylation is 2. The highest BCUT2D eigenvalue weighted by Crippen LogP contribution is 2.35. The van der Waals surface area contributed by atoms with Crippen LogP contribution in [0, 0.1) is 19.3 Å². The van der Waals surface area contributed by atoms with Gasteiger partial charge in [0, 0.05) is 18.8 Å². The van der Waals surface area contributed by atoms with Crippen LogP contribution in [0.1, 0.15) is 30.9 Å². The number of anilines is 1. The maximum Gasteiger partial charge on any atom is 0.311 e. The van der Waals surface area contributed by atoms with E-state index in [1.54, 1.807) is 0 Å². The smallest absolute Gasteiger partial charge is 0.311 e. The average Bonchev–Trinajstić information content (AvgIpc) is 2.28. The van der Waals surface area contributed by atoms with Gasteiger partial charge in [0.05, 0.1) is 5.41 Å². The van der Waals surface area contributed by atoms with Crippen molar-refractivity contribution in [2.75, 3.05) is 18.0 Å². The Labute approximate surface area is 108 Å². The molecule has 1 unspecified atom stereocenters. The summed E-state index contributed by atoms with van der Waals surface area (Å²) in [6.07, 6.45) is 1.71. The van der Waals surface area contributed by atoms with E-state index in [2.05, 4.69) is 36.9 Å². The van der Waals surface area contributed by atoms with Crippen LogP contribution in [0.25, 0.3) is 0 Å². The first-order chi connectivity index (χ1) is 8.44. The van der Waals surface area contributed by atoms with E-state index in [1.807, 2.05) is 6.92 Å². The largest absolute Gasteiger partial charge is 0.481 e. The SMILES string of the molecule is Cc1cccc(C)c1N1CCCC(C)(C(=O)O)C1. The molecular weight excluding hydrogens is 226 g/mol. The molecule has 1 atom stereocenters. The van der Waals surface area contributed by atoms with Crippen molar-refractivity contribution in [3.8, 4) is 0 Å². The van der Waals surface area contributed by atoms with Crippen LogP contribution < -0.4 is 4.90 Å². The van der Waals surface area contributed by atoms with Crippen molar-refractivity contribution >= 4 is 11.7 Å². The molecule has 0 bridgehead atoms. The van der Waals surface area contributed by atoms with Crippen LogP contribution in [0.2, 0.25) is 0 Å². The van der Waals surface area contributed by atoms with Crippen LogP contribution in [0.3, 0.4) is 0 Å². The molecule has 1 aromatic carbocycles. The number of carboxylic acids is 1. The molecule has 18 heavy (non-hydrogen) atoms. The summed E-state index contributed by atoms with van der Waals surface area (Å²) in [4.78, 5) is 13.6. The Morgan fingerprint density at radius 3 is 2.50 bits per heavy atom. The molecule has 0 spiro atoms. The molecule has 1 aliphatic heterocycles. The second kappa shape index (κ2) is 4.63. The van der Waals surface area contributed by atoms with Crippen LogP contribution in [0.5, 0.6) is 0 Å². The molecule has 0 aromatic heterocycles. The van der Waals surface area contributed by atoms with Gasteiger partial charge < -0.3 is 10.0 Å². The summed E-state index contributed by atoms with van der Waals surface area (Å²) in [6.45, 7) is 7.60. The van der Waals surface area contributed by atoms with Gasteiger partial charge in [-0.25, -0.2) is 0 Å². The van der Waals surface area contributed by atoms with Gasteiger partial charge in [0.1, 0.15) is 0 Å². The minimum atomic E-state index is -0.682. The van der Waals surface area contributed by atoms with Crippen molar-refractivity contribution in [1.29, 1.82) is 0 Å². The zero-order valence-corrected chi connectivity index (χ0v) is 11.4. The first kappa shape index (κ1) is 12.9. The average molecular weight is 247 g/mol. The third kappa shape index (κ3) is 2.22. The van der Waals surface area contributed by atoms with E-state index in [9.17, 15) is 9.90 Å². The van der Waals surface area contributed by atoms with Gasteiger partial charge in [0.15, 0.2) is 0 Å². The van der Waals surface area contributed by atoms with E-state index in [0.29, 0.717) is 6.54 Å². The Bertz CT molecular complexity index is 449. The van der Waals surface area contributed by atoms with Crippen molar-refractivity contribution in [3.05, 3.63) is 29.3 Å². The Morgan fingerprint density at radius 1 is 1.33 bits per heavy atom. The molecule has 0 amide bonds. The normalized spacial score (nSPS) is 24.1. The van der Waals surface area contributed by atoms with Gasteiger partial charge in [-0.1, -0.05) is 18.2 Å². The fourth-order valence-corrected chi connectivity index (χ4v) is 2.91. The molecule has 1 aromatic rings. The van der Waals surface area contributed by atoms with Gasteiger partial charge in [-0.2, -0.15) is 0 Å². The Hall–Kier alpha value is -1.51. The van der Waals surface area contributed by atoms with E-state index in [0.717, 1.165) is 19.4 Å². The number of nitrogens with zero attached hydrogens (tertiary/aromatic N) is 1. The Balaban J connectivity index is 2.32. The number of piperidine rings is 1. The number of para-hydroxylation sites is 1. The zero-order valence-electron chi connectivity index (χ0n) is 11.4. The Morgan fingerprint density at radius 2 is 1.94 bits per heavy atom. The summed E-state index contributed by atoms with van der Waals surface area (Å²) in [6, 6.07) is 6.23. The molecule has 3 nitrogen and oxygen atoms in total. The molecule has 1 saturated heterocycles. The molecule has 98 valence electrons. The number of benzene rings is 1. The van der Waals surface area contributed by atoms with Gasteiger partial charge in [-0.05, 0) is 44.7 Å². The van der Waals surface area contributed by atoms with E-state index in [1.165, 1.54) is 16.8 Å². The highest BCUT2D eigenvalue weighted by Gasteiger charge is 2.38. The lowest BCUT2D eigenvalue weighted by atomic mass is 9.81. The van der Waals surface area contributed by atoms with Crippen molar-refractivity contribution in [3.63, 3.8) is 0 Å². The first-order valence-corrected chi connectivity index (χ1v) is 6.48. The molecule has 1 fully saturated rings. The molecule has 1 aliphatic rings. The second-order valence-corrected chi connectivity index (χ2v) is 5.63. The van der Waals surface area contributed by atoms with E-state index in [-0.39, 0.29) is 0 Å². The predicted molar refractivity (Wildman–Crippen MR) is 73.1 cm³/mol. The summed E-state index contributed by atoms with van der Waals surface area (Å²) in [5, 5.41) is 9.37. The van der Waals surface area contributed by atoms with Crippen LogP contribution in [-0.2, 0) is 4.79 Å². The van der Waals surface area contributed by atoms with Crippen molar-refractivity contribution < 1.29 is 9.90 Å². The van der Waals surface area contributed by atoms with Crippen molar-refractivity contribution in [1.82, 2.24) is 0 Å². The van der Waals surface area contributed by atoms with Gasteiger partial charge in [0.25, 0.3) is 0 Å². The van der Waals surface area contributed by atoms with Gasteiger partial charge in [0.2, 0.25) is 0 Å². The van der Waals surface area contributed by atoms with Crippen LogP contribution in [0.15, 0.2) is 18.2 Å². The number of carboxylic acid groups (broad SMARTS) is 1. The van der Waals surface area contributed by atoms with Gasteiger partial charge in [-0.15, -0.1) is 0 Å². The van der Waals surface area contributed by atoms with E-state index >= 15 is 0 Å². The van der Waals surface area contributed by atoms with E-state index < -0.39 is 11.4 Å². The van der Waals surface area contributed by atoms with Crippen LogP contribution in [-0.4, -0.2) is 24.2 Å². The fraction of sp³-hybridized carbons (Fsp3) is 0.533. The molecule has 0 saturated carbocycles. The third-order valence-corrected chi connectivity index (χ3v) is 3.97. The fourth-order valence-electron chi connectivity index (χ4n) is 2.91. The lowest BCUT2D eigenvalue weighted by Crippen LogP contribution is -2.46. The van der Waals surface area contributed by atoms with Crippen LogP contribution >= 0.6 is 0 Å². The van der Waals surface area contributed by atoms with Crippen molar-refractivity contribution in [2.45, 2.75) is 33.6 Å².